The first-order chi connectivity index (χ1) is 7.25. The van der Waals surface area contributed by atoms with E-state index in [1.165, 1.54) is 51.4 Å². The van der Waals surface area contributed by atoms with E-state index in [4.69, 9.17) is 5.41 Å². The second kappa shape index (κ2) is 6.86. The predicted octanol–water partition coefficient (Wildman–Crippen LogP) is 3.67. The molecule has 88 valence electrons. The lowest BCUT2D eigenvalue weighted by Crippen LogP contribution is -2.34. The van der Waals surface area contributed by atoms with E-state index in [0.717, 1.165) is 12.4 Å². The largest absolute Gasteiger partial charge is 0.363 e. The summed E-state index contributed by atoms with van der Waals surface area (Å²) in [5.74, 6) is 1.45. The summed E-state index contributed by atoms with van der Waals surface area (Å²) in [6.07, 6.45) is 10.3. The molecule has 1 rings (SSSR count). The van der Waals surface area contributed by atoms with Gasteiger partial charge in [-0.3, -0.25) is 5.41 Å². The van der Waals surface area contributed by atoms with Crippen LogP contribution in [0, 0.1) is 11.3 Å². The van der Waals surface area contributed by atoms with Crippen molar-refractivity contribution >= 4 is 5.84 Å². The molecule has 0 aliphatic heterocycles. The third-order valence-electron chi connectivity index (χ3n) is 3.50. The Labute approximate surface area is 94.6 Å². The summed E-state index contributed by atoms with van der Waals surface area (Å²) in [6.45, 7) is 3.30. The number of hydrogen-bond donors (Lipinski definition) is 1. The van der Waals surface area contributed by atoms with Gasteiger partial charge in [-0.15, -0.1) is 0 Å². The zero-order valence-electron chi connectivity index (χ0n) is 10.4. The molecule has 0 spiro atoms. The minimum Gasteiger partial charge on any atom is -0.363 e. The molecule has 1 aliphatic carbocycles. The second-order valence-electron chi connectivity index (χ2n) is 4.85. The van der Waals surface area contributed by atoms with Gasteiger partial charge in [0.05, 0.1) is 5.84 Å². The lowest BCUT2D eigenvalue weighted by molar-refractivity contribution is 0.380. The molecule has 15 heavy (non-hydrogen) atoms. The molecule has 1 aliphatic rings. The van der Waals surface area contributed by atoms with Crippen molar-refractivity contribution in [1.29, 1.82) is 5.41 Å². The van der Waals surface area contributed by atoms with E-state index in [2.05, 4.69) is 18.9 Å². The molecule has 0 aromatic heterocycles. The van der Waals surface area contributed by atoms with Gasteiger partial charge in [-0.05, 0) is 19.3 Å². The number of unbranched alkanes of at least 4 members (excludes halogenated alkanes) is 2. The SMILES string of the molecule is CCCCCN(C)C(=N)C1CCCCC1. The van der Waals surface area contributed by atoms with E-state index >= 15 is 0 Å². The van der Waals surface area contributed by atoms with Crippen molar-refractivity contribution < 1.29 is 0 Å². The molecule has 0 unspecified atom stereocenters. The predicted molar refractivity (Wildman–Crippen MR) is 66.5 cm³/mol. The molecule has 0 radical (unpaired) electrons. The van der Waals surface area contributed by atoms with Crippen LogP contribution in [0.1, 0.15) is 58.3 Å². The molecular formula is C13H26N2. The summed E-state index contributed by atoms with van der Waals surface area (Å²) < 4.78 is 0. The Morgan fingerprint density at radius 1 is 1.20 bits per heavy atom. The third kappa shape index (κ3) is 4.23. The lowest BCUT2D eigenvalue weighted by Gasteiger charge is -2.29. The second-order valence-corrected chi connectivity index (χ2v) is 4.85. The van der Waals surface area contributed by atoms with E-state index < -0.39 is 0 Å². The fraction of sp³-hybridized carbons (Fsp3) is 0.923. The highest BCUT2D eigenvalue weighted by Crippen LogP contribution is 2.25. The molecular weight excluding hydrogens is 184 g/mol. The summed E-state index contributed by atoms with van der Waals surface area (Å²) >= 11 is 0. The average molecular weight is 210 g/mol. The van der Waals surface area contributed by atoms with Gasteiger partial charge in [0, 0.05) is 19.5 Å². The van der Waals surface area contributed by atoms with Gasteiger partial charge >= 0.3 is 0 Å². The van der Waals surface area contributed by atoms with E-state index in [9.17, 15) is 0 Å². The molecule has 0 heterocycles. The Bertz CT molecular complexity index is 183. The van der Waals surface area contributed by atoms with Crippen molar-refractivity contribution in [1.82, 2.24) is 4.90 Å². The van der Waals surface area contributed by atoms with Crippen molar-refractivity contribution in [2.45, 2.75) is 58.3 Å². The number of rotatable bonds is 5. The fourth-order valence-electron chi connectivity index (χ4n) is 2.41. The minimum absolute atomic E-state index is 0.561. The zero-order chi connectivity index (χ0) is 11.1. The van der Waals surface area contributed by atoms with Crippen LogP contribution in [0.25, 0.3) is 0 Å². The number of hydrogen-bond acceptors (Lipinski definition) is 1. The topological polar surface area (TPSA) is 27.1 Å². The maximum absolute atomic E-state index is 8.15. The molecule has 1 N–H and O–H groups in total. The van der Waals surface area contributed by atoms with E-state index in [-0.39, 0.29) is 0 Å². The lowest BCUT2D eigenvalue weighted by atomic mass is 9.88. The quantitative estimate of drug-likeness (QED) is 0.418. The van der Waals surface area contributed by atoms with E-state index in [0.29, 0.717) is 5.92 Å². The van der Waals surface area contributed by atoms with Crippen molar-refractivity contribution in [3.8, 4) is 0 Å². The Morgan fingerprint density at radius 2 is 1.87 bits per heavy atom. The van der Waals surface area contributed by atoms with Crippen molar-refractivity contribution in [3.63, 3.8) is 0 Å². The van der Waals surface area contributed by atoms with Crippen LogP contribution in [0.5, 0.6) is 0 Å². The molecule has 0 bridgehead atoms. The van der Waals surface area contributed by atoms with Crippen molar-refractivity contribution in [2.75, 3.05) is 13.6 Å². The molecule has 1 saturated carbocycles. The van der Waals surface area contributed by atoms with E-state index in [1.807, 2.05) is 0 Å². The average Bonchev–Trinajstić information content (AvgIpc) is 2.29. The minimum atomic E-state index is 0.561. The first-order valence-corrected chi connectivity index (χ1v) is 6.55. The van der Waals surface area contributed by atoms with Crippen LogP contribution in [0.15, 0.2) is 0 Å². The summed E-state index contributed by atoms with van der Waals surface area (Å²) in [7, 11) is 2.09. The highest BCUT2D eigenvalue weighted by Gasteiger charge is 2.20. The summed E-state index contributed by atoms with van der Waals surface area (Å²) in [6, 6.07) is 0. The fourth-order valence-corrected chi connectivity index (χ4v) is 2.41. The third-order valence-corrected chi connectivity index (χ3v) is 3.50. The van der Waals surface area contributed by atoms with Gasteiger partial charge in [-0.2, -0.15) is 0 Å². The Kier molecular flexibility index (Phi) is 5.74. The van der Waals surface area contributed by atoms with Crippen LogP contribution in [0.2, 0.25) is 0 Å². The van der Waals surface area contributed by atoms with Crippen LogP contribution < -0.4 is 0 Å². The molecule has 2 nitrogen and oxygen atoms in total. The summed E-state index contributed by atoms with van der Waals surface area (Å²) in [5.41, 5.74) is 0. The van der Waals surface area contributed by atoms with Gasteiger partial charge in [0.15, 0.2) is 0 Å². The van der Waals surface area contributed by atoms with Crippen molar-refractivity contribution in [2.24, 2.45) is 5.92 Å². The molecule has 0 aromatic rings. The Hall–Kier alpha value is -0.530. The van der Waals surface area contributed by atoms with Crippen LogP contribution in [0.4, 0.5) is 0 Å². The molecule has 0 atom stereocenters. The number of nitrogens with one attached hydrogen (secondary N) is 1. The first kappa shape index (κ1) is 12.5. The monoisotopic (exact) mass is 210 g/mol. The van der Waals surface area contributed by atoms with Crippen LogP contribution in [-0.2, 0) is 0 Å². The number of amidine groups is 1. The molecule has 1 fully saturated rings. The van der Waals surface area contributed by atoms with Gasteiger partial charge in [-0.25, -0.2) is 0 Å². The van der Waals surface area contributed by atoms with Crippen LogP contribution >= 0.6 is 0 Å². The highest BCUT2D eigenvalue weighted by molar-refractivity contribution is 5.81. The normalized spacial score (nSPS) is 17.7. The maximum atomic E-state index is 8.15. The first-order valence-electron chi connectivity index (χ1n) is 6.55. The van der Waals surface area contributed by atoms with Crippen LogP contribution in [-0.4, -0.2) is 24.3 Å². The maximum Gasteiger partial charge on any atom is 0.0986 e. The van der Waals surface area contributed by atoms with E-state index in [1.54, 1.807) is 0 Å². The van der Waals surface area contributed by atoms with Gasteiger partial charge < -0.3 is 4.90 Å². The van der Waals surface area contributed by atoms with Crippen LogP contribution in [0.3, 0.4) is 0 Å². The molecule has 0 amide bonds. The standard InChI is InChI=1S/C13H26N2/c1-3-4-8-11-15(2)13(14)12-9-6-5-7-10-12/h12,14H,3-11H2,1-2H3. The molecule has 0 saturated heterocycles. The number of nitrogens with zero attached hydrogens (tertiary/aromatic N) is 1. The summed E-state index contributed by atoms with van der Waals surface area (Å²) in [5, 5.41) is 8.15. The van der Waals surface area contributed by atoms with Gasteiger partial charge in [0.25, 0.3) is 0 Å². The summed E-state index contributed by atoms with van der Waals surface area (Å²) in [4.78, 5) is 2.17. The smallest absolute Gasteiger partial charge is 0.0986 e. The highest BCUT2D eigenvalue weighted by atomic mass is 15.1. The molecule has 2 heteroatoms. The van der Waals surface area contributed by atoms with Crippen molar-refractivity contribution in [3.05, 3.63) is 0 Å². The Morgan fingerprint density at radius 3 is 2.47 bits per heavy atom. The van der Waals surface area contributed by atoms with Gasteiger partial charge in [-0.1, -0.05) is 39.0 Å². The molecule has 0 aromatic carbocycles. The Balaban J connectivity index is 2.24. The van der Waals surface area contributed by atoms with Gasteiger partial charge in [0.1, 0.15) is 0 Å². The zero-order valence-corrected chi connectivity index (χ0v) is 10.4. The van der Waals surface area contributed by atoms with Gasteiger partial charge in [0.2, 0.25) is 0 Å².